The molecule has 0 radical (unpaired) electrons. The van der Waals surface area contributed by atoms with E-state index in [0.29, 0.717) is 25.9 Å². The summed E-state index contributed by atoms with van der Waals surface area (Å²) in [5.41, 5.74) is 0. The summed E-state index contributed by atoms with van der Waals surface area (Å²) in [6.07, 6.45) is 3.60. The Labute approximate surface area is 119 Å². The maximum Gasteiger partial charge on any atom is 0.319 e. The van der Waals surface area contributed by atoms with Gasteiger partial charge in [-0.3, -0.25) is 4.79 Å². The fraction of sp³-hybridized carbons (Fsp3) is 0.786. The molecule has 0 saturated carbocycles. The van der Waals surface area contributed by atoms with Gasteiger partial charge in [-0.2, -0.15) is 5.26 Å². The van der Waals surface area contributed by atoms with Crippen molar-refractivity contribution in [1.29, 1.82) is 5.26 Å². The molecule has 0 aromatic heterocycles. The van der Waals surface area contributed by atoms with Crippen LogP contribution < -0.4 is 0 Å². The number of hydrogen-bond donors (Lipinski definition) is 0. The van der Waals surface area contributed by atoms with E-state index in [-0.39, 0.29) is 24.4 Å². The SMILES string of the molecule is CN(CC#N)C(=O)C1CCN(C(=O)N2CCCC2)CC1. The third-order valence-electron chi connectivity index (χ3n) is 4.18. The van der Waals surface area contributed by atoms with Gasteiger partial charge in [0.2, 0.25) is 5.91 Å². The lowest BCUT2D eigenvalue weighted by Gasteiger charge is -2.34. The van der Waals surface area contributed by atoms with Crippen molar-refractivity contribution in [2.24, 2.45) is 5.92 Å². The zero-order chi connectivity index (χ0) is 14.5. The first-order chi connectivity index (χ1) is 9.63. The van der Waals surface area contributed by atoms with Crippen LogP contribution in [-0.2, 0) is 4.79 Å². The number of hydrogen-bond acceptors (Lipinski definition) is 3. The predicted octanol–water partition coefficient (Wildman–Crippen LogP) is 0.896. The molecule has 0 aromatic rings. The highest BCUT2D eigenvalue weighted by molar-refractivity contribution is 5.80. The summed E-state index contributed by atoms with van der Waals surface area (Å²) in [5, 5.41) is 8.62. The van der Waals surface area contributed by atoms with Gasteiger partial charge < -0.3 is 14.7 Å². The Hall–Kier alpha value is -1.77. The number of amides is 3. The van der Waals surface area contributed by atoms with E-state index in [0.717, 1.165) is 25.9 Å². The van der Waals surface area contributed by atoms with Crippen LogP contribution in [0.25, 0.3) is 0 Å². The highest BCUT2D eigenvalue weighted by Gasteiger charge is 2.31. The van der Waals surface area contributed by atoms with Crippen molar-refractivity contribution < 1.29 is 9.59 Å². The second-order valence-corrected chi connectivity index (χ2v) is 5.59. The molecule has 0 aliphatic carbocycles. The zero-order valence-corrected chi connectivity index (χ0v) is 12.0. The van der Waals surface area contributed by atoms with Crippen molar-refractivity contribution in [1.82, 2.24) is 14.7 Å². The van der Waals surface area contributed by atoms with Gasteiger partial charge in [-0.15, -0.1) is 0 Å². The fourth-order valence-corrected chi connectivity index (χ4v) is 2.92. The molecule has 0 atom stereocenters. The predicted molar refractivity (Wildman–Crippen MR) is 73.8 cm³/mol. The van der Waals surface area contributed by atoms with Gasteiger partial charge in [0.15, 0.2) is 0 Å². The Morgan fingerprint density at radius 3 is 2.25 bits per heavy atom. The molecule has 2 saturated heterocycles. The molecule has 2 fully saturated rings. The monoisotopic (exact) mass is 278 g/mol. The van der Waals surface area contributed by atoms with E-state index in [4.69, 9.17) is 5.26 Å². The van der Waals surface area contributed by atoms with Crippen LogP contribution in [0.5, 0.6) is 0 Å². The number of piperidine rings is 1. The summed E-state index contributed by atoms with van der Waals surface area (Å²) in [6, 6.07) is 2.11. The third kappa shape index (κ3) is 3.21. The molecule has 0 aromatic carbocycles. The second kappa shape index (κ2) is 6.60. The summed E-state index contributed by atoms with van der Waals surface area (Å²) in [6.45, 7) is 3.15. The van der Waals surface area contributed by atoms with Crippen LogP contribution in [-0.4, -0.2) is 66.4 Å². The third-order valence-corrected chi connectivity index (χ3v) is 4.18. The van der Waals surface area contributed by atoms with Crippen molar-refractivity contribution in [3.63, 3.8) is 0 Å². The van der Waals surface area contributed by atoms with E-state index in [2.05, 4.69) is 0 Å². The van der Waals surface area contributed by atoms with Gasteiger partial charge in [-0.05, 0) is 25.7 Å². The van der Waals surface area contributed by atoms with E-state index in [9.17, 15) is 9.59 Å². The lowest BCUT2D eigenvalue weighted by Crippen LogP contribution is -2.48. The molecule has 2 aliphatic rings. The molecule has 0 spiro atoms. The Kier molecular flexibility index (Phi) is 4.83. The van der Waals surface area contributed by atoms with Crippen LogP contribution in [0.1, 0.15) is 25.7 Å². The Morgan fingerprint density at radius 1 is 1.15 bits per heavy atom. The van der Waals surface area contributed by atoms with Crippen LogP contribution in [0.2, 0.25) is 0 Å². The minimum Gasteiger partial charge on any atom is -0.332 e. The van der Waals surface area contributed by atoms with Gasteiger partial charge in [0.1, 0.15) is 6.54 Å². The average molecular weight is 278 g/mol. The molecule has 2 heterocycles. The summed E-state index contributed by atoms with van der Waals surface area (Å²) in [7, 11) is 1.66. The van der Waals surface area contributed by atoms with E-state index < -0.39 is 0 Å². The van der Waals surface area contributed by atoms with Crippen molar-refractivity contribution >= 4 is 11.9 Å². The van der Waals surface area contributed by atoms with E-state index in [1.165, 1.54) is 4.90 Å². The molecule has 3 amide bonds. The number of rotatable bonds is 2. The molecule has 6 heteroatoms. The van der Waals surface area contributed by atoms with Crippen LogP contribution in [0.3, 0.4) is 0 Å². The quantitative estimate of drug-likeness (QED) is 0.705. The number of nitriles is 1. The van der Waals surface area contributed by atoms with Crippen molar-refractivity contribution in [2.75, 3.05) is 39.8 Å². The Bertz CT molecular complexity index is 404. The first kappa shape index (κ1) is 14.6. The van der Waals surface area contributed by atoms with E-state index in [1.54, 1.807) is 7.05 Å². The standard InChI is InChI=1S/C14H22N4O2/c1-16(11-6-15)13(19)12-4-9-18(10-5-12)14(20)17-7-2-3-8-17/h12H,2-5,7-11H2,1H3. The van der Waals surface area contributed by atoms with Crippen LogP contribution in [0, 0.1) is 17.2 Å². The van der Waals surface area contributed by atoms with Gasteiger partial charge in [0.05, 0.1) is 6.07 Å². The van der Waals surface area contributed by atoms with Crippen molar-refractivity contribution in [3.05, 3.63) is 0 Å². The number of nitrogens with zero attached hydrogens (tertiary/aromatic N) is 4. The Morgan fingerprint density at radius 2 is 1.70 bits per heavy atom. The van der Waals surface area contributed by atoms with Gasteiger partial charge in [-0.25, -0.2) is 4.79 Å². The van der Waals surface area contributed by atoms with Crippen molar-refractivity contribution in [2.45, 2.75) is 25.7 Å². The topological polar surface area (TPSA) is 67.6 Å². The first-order valence-electron chi connectivity index (χ1n) is 7.29. The van der Waals surface area contributed by atoms with Crippen LogP contribution >= 0.6 is 0 Å². The Balaban J connectivity index is 1.81. The zero-order valence-electron chi connectivity index (χ0n) is 12.0. The minimum atomic E-state index is -0.0454. The van der Waals surface area contributed by atoms with Gasteiger partial charge >= 0.3 is 6.03 Å². The van der Waals surface area contributed by atoms with Gasteiger partial charge in [-0.1, -0.05) is 0 Å². The summed E-state index contributed by atoms with van der Waals surface area (Å²) < 4.78 is 0. The van der Waals surface area contributed by atoms with Crippen molar-refractivity contribution in [3.8, 4) is 6.07 Å². The second-order valence-electron chi connectivity index (χ2n) is 5.59. The molecular formula is C14H22N4O2. The molecule has 0 bridgehead atoms. The number of urea groups is 1. The van der Waals surface area contributed by atoms with Crippen LogP contribution in [0.4, 0.5) is 4.79 Å². The molecule has 0 N–H and O–H groups in total. The van der Waals surface area contributed by atoms with Gasteiger partial charge in [0.25, 0.3) is 0 Å². The lowest BCUT2D eigenvalue weighted by molar-refractivity contribution is -0.135. The minimum absolute atomic E-state index is 0.0276. The molecule has 6 nitrogen and oxygen atoms in total. The maximum absolute atomic E-state index is 12.2. The summed E-state index contributed by atoms with van der Waals surface area (Å²) >= 11 is 0. The van der Waals surface area contributed by atoms with Gasteiger partial charge in [0, 0.05) is 39.1 Å². The van der Waals surface area contributed by atoms with Crippen LogP contribution in [0.15, 0.2) is 0 Å². The maximum atomic E-state index is 12.2. The number of likely N-dealkylation sites (tertiary alicyclic amines) is 2. The lowest BCUT2D eigenvalue weighted by atomic mass is 9.95. The normalized spacial score (nSPS) is 19.8. The fourth-order valence-electron chi connectivity index (χ4n) is 2.92. The largest absolute Gasteiger partial charge is 0.332 e. The number of carbonyl (C=O) groups is 2. The van der Waals surface area contributed by atoms with E-state index >= 15 is 0 Å². The molecule has 0 unspecified atom stereocenters. The first-order valence-corrected chi connectivity index (χ1v) is 7.29. The average Bonchev–Trinajstić information content (AvgIpc) is 3.00. The molecule has 2 rings (SSSR count). The number of carbonyl (C=O) groups excluding carboxylic acids is 2. The smallest absolute Gasteiger partial charge is 0.319 e. The summed E-state index contributed by atoms with van der Waals surface area (Å²) in [5.74, 6) is -0.0178. The highest BCUT2D eigenvalue weighted by atomic mass is 16.2. The molecule has 20 heavy (non-hydrogen) atoms. The summed E-state index contributed by atoms with van der Waals surface area (Å²) in [4.78, 5) is 29.6. The molecule has 2 aliphatic heterocycles. The van der Waals surface area contributed by atoms with E-state index in [1.807, 2.05) is 15.9 Å². The molecule has 110 valence electrons. The highest BCUT2D eigenvalue weighted by Crippen LogP contribution is 2.21. The molecular weight excluding hydrogens is 256 g/mol.